The summed E-state index contributed by atoms with van der Waals surface area (Å²) in [6.07, 6.45) is 1.67. The maximum atomic E-state index is 12.9. The zero-order chi connectivity index (χ0) is 20.0. The highest BCUT2D eigenvalue weighted by Gasteiger charge is 2.33. The van der Waals surface area contributed by atoms with E-state index in [-0.39, 0.29) is 24.6 Å². The van der Waals surface area contributed by atoms with Crippen molar-refractivity contribution in [1.82, 2.24) is 14.7 Å². The van der Waals surface area contributed by atoms with E-state index in [2.05, 4.69) is 17.7 Å². The second-order valence-electron chi connectivity index (χ2n) is 6.57. The van der Waals surface area contributed by atoms with E-state index in [4.69, 9.17) is 11.5 Å². The van der Waals surface area contributed by atoms with Gasteiger partial charge in [-0.3, -0.25) is 9.59 Å². The molecule has 0 spiro atoms. The molecule has 0 bridgehead atoms. The van der Waals surface area contributed by atoms with Crippen LogP contribution in [-0.2, 0) is 11.3 Å². The molecular formula is C20H16N6O2. The first-order valence-electron chi connectivity index (χ1n) is 8.47. The van der Waals surface area contributed by atoms with Crippen LogP contribution in [0.25, 0.3) is 16.6 Å². The molecular weight excluding hydrogens is 356 g/mol. The third-order valence-electron chi connectivity index (χ3n) is 4.84. The second kappa shape index (κ2) is 6.25. The van der Waals surface area contributed by atoms with E-state index in [9.17, 15) is 14.9 Å². The molecule has 0 radical (unpaired) electrons. The van der Waals surface area contributed by atoms with Crippen LogP contribution in [0.1, 0.15) is 21.5 Å². The Morgan fingerprint density at radius 3 is 2.82 bits per heavy atom. The number of nitrogens with two attached hydrogens (primary N) is 2. The minimum Gasteiger partial charge on any atom is -0.398 e. The van der Waals surface area contributed by atoms with Crippen molar-refractivity contribution in [2.45, 2.75) is 6.54 Å². The molecule has 4 rings (SSSR count). The van der Waals surface area contributed by atoms with Gasteiger partial charge in [0.1, 0.15) is 6.07 Å². The standard InChI is InChI=1S/C20H16N6O2/c1-11(19(23)27)9-25-10-14-16(6-5-15(22)17(14)20(25)28)26-18-12(7-21)3-2-4-13(18)8-24-26/h2-6,8H,1,9-10,22H2,(H2,23,27). The van der Waals surface area contributed by atoms with E-state index in [1.165, 1.54) is 4.90 Å². The first-order chi connectivity index (χ1) is 13.4. The molecule has 0 fully saturated rings. The lowest BCUT2D eigenvalue weighted by Gasteiger charge is -2.15. The lowest BCUT2D eigenvalue weighted by molar-refractivity contribution is -0.114. The van der Waals surface area contributed by atoms with Gasteiger partial charge in [-0.05, 0) is 18.2 Å². The molecule has 0 unspecified atom stereocenters. The van der Waals surface area contributed by atoms with E-state index in [0.29, 0.717) is 33.6 Å². The summed E-state index contributed by atoms with van der Waals surface area (Å²) in [5.74, 6) is -0.956. The molecule has 8 heteroatoms. The number of nitrogen functional groups attached to an aromatic ring is 1. The Morgan fingerprint density at radius 1 is 1.32 bits per heavy atom. The molecule has 1 aromatic heterocycles. The van der Waals surface area contributed by atoms with Crippen LogP contribution >= 0.6 is 0 Å². The number of amides is 2. The molecule has 0 atom stereocenters. The molecule has 3 aromatic rings. The summed E-state index contributed by atoms with van der Waals surface area (Å²) < 4.78 is 1.64. The number of fused-ring (bicyclic) bond motifs is 2. The quantitative estimate of drug-likeness (QED) is 0.529. The average Bonchev–Trinajstić information content (AvgIpc) is 3.24. The number of carbonyl (C=O) groups excluding carboxylic acids is 2. The SMILES string of the molecule is C=C(CN1Cc2c(-n3ncc4cccc(C#N)c43)ccc(N)c2C1=O)C(N)=O. The minimum atomic E-state index is -0.659. The van der Waals surface area contributed by atoms with Crippen LogP contribution in [0.3, 0.4) is 0 Å². The van der Waals surface area contributed by atoms with Crippen molar-refractivity contribution in [1.29, 1.82) is 5.26 Å². The van der Waals surface area contributed by atoms with Crippen LogP contribution in [0.4, 0.5) is 5.69 Å². The number of nitrogens with zero attached hydrogens (tertiary/aromatic N) is 4. The van der Waals surface area contributed by atoms with E-state index in [1.54, 1.807) is 35.1 Å². The van der Waals surface area contributed by atoms with Crippen LogP contribution < -0.4 is 11.5 Å². The fraction of sp³-hybridized carbons (Fsp3) is 0.100. The maximum absolute atomic E-state index is 12.9. The molecule has 28 heavy (non-hydrogen) atoms. The van der Waals surface area contributed by atoms with Gasteiger partial charge in [0.25, 0.3) is 5.91 Å². The Bertz CT molecular complexity index is 1220. The number of primary amides is 1. The Hall–Kier alpha value is -4.12. The number of para-hydroxylation sites is 1. The van der Waals surface area contributed by atoms with Crippen LogP contribution in [0.2, 0.25) is 0 Å². The highest BCUT2D eigenvalue weighted by atomic mass is 16.2. The van der Waals surface area contributed by atoms with Gasteiger partial charge in [0, 0.05) is 28.8 Å². The number of nitriles is 1. The summed E-state index contributed by atoms with van der Waals surface area (Å²) in [6.45, 7) is 3.87. The van der Waals surface area contributed by atoms with Crippen molar-refractivity contribution in [2.75, 3.05) is 12.3 Å². The monoisotopic (exact) mass is 372 g/mol. The summed E-state index contributed by atoms with van der Waals surface area (Å²) in [6, 6.07) is 11.0. The highest BCUT2D eigenvalue weighted by Crippen LogP contribution is 2.34. The van der Waals surface area contributed by atoms with Crippen LogP contribution in [0.15, 0.2) is 48.7 Å². The molecule has 8 nitrogen and oxygen atoms in total. The largest absolute Gasteiger partial charge is 0.398 e. The molecule has 2 amide bonds. The Balaban J connectivity index is 1.87. The third kappa shape index (κ3) is 2.49. The zero-order valence-corrected chi connectivity index (χ0v) is 14.8. The normalized spacial score (nSPS) is 12.8. The summed E-state index contributed by atoms with van der Waals surface area (Å²) in [5.41, 5.74) is 14.6. The Kier molecular flexibility index (Phi) is 3.86. The number of benzene rings is 2. The van der Waals surface area contributed by atoms with Crippen LogP contribution in [0.5, 0.6) is 0 Å². The number of hydrogen-bond donors (Lipinski definition) is 2. The molecule has 2 aromatic carbocycles. The van der Waals surface area contributed by atoms with Crippen molar-refractivity contribution in [3.63, 3.8) is 0 Å². The summed E-state index contributed by atoms with van der Waals surface area (Å²) in [4.78, 5) is 25.6. The molecule has 4 N–H and O–H groups in total. The van der Waals surface area contributed by atoms with Gasteiger partial charge >= 0.3 is 0 Å². The van der Waals surface area contributed by atoms with Crippen LogP contribution in [0, 0.1) is 11.3 Å². The Morgan fingerprint density at radius 2 is 2.11 bits per heavy atom. The smallest absolute Gasteiger partial charge is 0.256 e. The third-order valence-corrected chi connectivity index (χ3v) is 4.84. The molecule has 2 heterocycles. The number of hydrogen-bond acceptors (Lipinski definition) is 5. The van der Waals surface area contributed by atoms with E-state index in [1.807, 2.05) is 6.07 Å². The van der Waals surface area contributed by atoms with E-state index in [0.717, 1.165) is 5.39 Å². The molecule has 138 valence electrons. The lowest BCUT2D eigenvalue weighted by atomic mass is 10.1. The van der Waals surface area contributed by atoms with Crippen molar-refractivity contribution in [3.8, 4) is 11.8 Å². The van der Waals surface area contributed by atoms with Gasteiger partial charge in [-0.1, -0.05) is 18.7 Å². The Labute approximate surface area is 160 Å². The second-order valence-corrected chi connectivity index (χ2v) is 6.57. The molecule has 1 aliphatic heterocycles. The van der Waals surface area contributed by atoms with E-state index >= 15 is 0 Å². The fourth-order valence-corrected chi connectivity index (χ4v) is 3.48. The van der Waals surface area contributed by atoms with Gasteiger partial charge in [0.05, 0.1) is 35.1 Å². The molecule has 1 aliphatic rings. The summed E-state index contributed by atoms with van der Waals surface area (Å²) in [5, 5.41) is 14.7. The first kappa shape index (κ1) is 17.3. The number of anilines is 1. The predicted octanol–water partition coefficient (Wildman–Crippen LogP) is 1.48. The molecule has 0 saturated heterocycles. The summed E-state index contributed by atoms with van der Waals surface area (Å²) in [7, 11) is 0. The van der Waals surface area contributed by atoms with Crippen LogP contribution in [-0.4, -0.2) is 33.0 Å². The van der Waals surface area contributed by atoms with Gasteiger partial charge in [0.2, 0.25) is 5.91 Å². The first-order valence-corrected chi connectivity index (χ1v) is 8.47. The predicted molar refractivity (Wildman–Crippen MR) is 103 cm³/mol. The zero-order valence-electron chi connectivity index (χ0n) is 14.8. The van der Waals surface area contributed by atoms with E-state index < -0.39 is 5.91 Å². The highest BCUT2D eigenvalue weighted by molar-refractivity contribution is 6.05. The number of aromatic nitrogens is 2. The van der Waals surface area contributed by atoms with Gasteiger partial charge in [0.15, 0.2) is 0 Å². The molecule has 0 saturated carbocycles. The molecule has 0 aliphatic carbocycles. The maximum Gasteiger partial charge on any atom is 0.256 e. The van der Waals surface area contributed by atoms with Crippen molar-refractivity contribution < 1.29 is 9.59 Å². The summed E-state index contributed by atoms with van der Waals surface area (Å²) >= 11 is 0. The van der Waals surface area contributed by atoms with Gasteiger partial charge in [-0.15, -0.1) is 0 Å². The topological polar surface area (TPSA) is 131 Å². The average molecular weight is 372 g/mol. The minimum absolute atomic E-state index is 0.0189. The fourth-order valence-electron chi connectivity index (χ4n) is 3.48. The number of rotatable bonds is 4. The van der Waals surface area contributed by atoms with Crippen molar-refractivity contribution in [3.05, 3.63) is 65.4 Å². The van der Waals surface area contributed by atoms with Crippen molar-refractivity contribution >= 4 is 28.4 Å². The van der Waals surface area contributed by atoms with Gasteiger partial charge in [-0.25, -0.2) is 4.68 Å². The van der Waals surface area contributed by atoms with Gasteiger partial charge in [-0.2, -0.15) is 10.4 Å². The lowest BCUT2D eigenvalue weighted by Crippen LogP contribution is -2.30. The van der Waals surface area contributed by atoms with Gasteiger partial charge < -0.3 is 16.4 Å². The van der Waals surface area contributed by atoms with Crippen molar-refractivity contribution in [2.24, 2.45) is 5.73 Å². The number of carbonyl (C=O) groups is 2.